The highest BCUT2D eigenvalue weighted by Crippen LogP contribution is 2.41. The van der Waals surface area contributed by atoms with Crippen LogP contribution in [0.5, 0.6) is 0 Å². The van der Waals surface area contributed by atoms with E-state index >= 15 is 0 Å². The van der Waals surface area contributed by atoms with Gasteiger partial charge in [-0.3, -0.25) is 0 Å². The second kappa shape index (κ2) is 4.43. The van der Waals surface area contributed by atoms with E-state index in [2.05, 4.69) is 24.3 Å². The average Bonchev–Trinajstić information content (AvgIpc) is 2.40. The molecule has 2 nitrogen and oxygen atoms in total. The van der Waals surface area contributed by atoms with Crippen molar-refractivity contribution < 1.29 is 4.74 Å². The Bertz CT molecular complexity index is 398. The highest BCUT2D eigenvalue weighted by molar-refractivity contribution is 5.36. The van der Waals surface area contributed by atoms with Gasteiger partial charge >= 0.3 is 0 Å². The maximum atomic E-state index is 6.77. The van der Waals surface area contributed by atoms with E-state index in [0.717, 1.165) is 26.1 Å². The minimum Gasteiger partial charge on any atom is -0.381 e. The summed E-state index contributed by atoms with van der Waals surface area (Å²) in [6.07, 6.45) is 5.88. The summed E-state index contributed by atoms with van der Waals surface area (Å²) in [6.45, 7) is 1.75. The molecular weight excluding hydrogens is 210 g/mol. The van der Waals surface area contributed by atoms with E-state index in [1.54, 1.807) is 0 Å². The minimum atomic E-state index is -0.144. The Morgan fingerprint density at radius 1 is 1.24 bits per heavy atom. The Labute approximate surface area is 103 Å². The van der Waals surface area contributed by atoms with E-state index in [0.29, 0.717) is 5.92 Å². The van der Waals surface area contributed by atoms with Crippen LogP contribution in [0.15, 0.2) is 24.3 Å². The summed E-state index contributed by atoms with van der Waals surface area (Å²) < 4.78 is 5.64. The molecule has 2 aliphatic rings. The van der Waals surface area contributed by atoms with E-state index in [1.807, 2.05) is 0 Å². The lowest BCUT2D eigenvalue weighted by molar-refractivity contribution is 0.0151. The number of hydrogen-bond donors (Lipinski definition) is 1. The van der Waals surface area contributed by atoms with Gasteiger partial charge in [0.05, 0.1) is 6.61 Å². The van der Waals surface area contributed by atoms with Crippen molar-refractivity contribution in [2.75, 3.05) is 13.2 Å². The molecule has 1 aliphatic heterocycles. The Balaban J connectivity index is 1.96. The van der Waals surface area contributed by atoms with E-state index in [-0.39, 0.29) is 5.54 Å². The molecule has 0 radical (unpaired) electrons. The lowest BCUT2D eigenvalue weighted by Gasteiger charge is -2.43. The molecule has 2 atom stereocenters. The van der Waals surface area contributed by atoms with Gasteiger partial charge in [-0.2, -0.15) is 0 Å². The molecule has 17 heavy (non-hydrogen) atoms. The number of rotatable bonds is 1. The van der Waals surface area contributed by atoms with Gasteiger partial charge in [0.2, 0.25) is 0 Å². The maximum absolute atomic E-state index is 6.77. The van der Waals surface area contributed by atoms with E-state index in [9.17, 15) is 0 Å². The van der Waals surface area contributed by atoms with Crippen LogP contribution in [0.2, 0.25) is 0 Å². The van der Waals surface area contributed by atoms with Crippen LogP contribution in [-0.4, -0.2) is 13.2 Å². The van der Waals surface area contributed by atoms with Crippen LogP contribution in [0, 0.1) is 5.92 Å². The summed E-state index contributed by atoms with van der Waals surface area (Å²) in [7, 11) is 0. The molecule has 1 aromatic rings. The largest absolute Gasteiger partial charge is 0.381 e. The topological polar surface area (TPSA) is 35.2 Å². The zero-order chi connectivity index (χ0) is 11.7. The number of benzene rings is 1. The maximum Gasteiger partial charge on any atom is 0.0515 e. The van der Waals surface area contributed by atoms with Crippen LogP contribution in [0.1, 0.15) is 36.8 Å². The number of nitrogens with two attached hydrogens (primary N) is 1. The molecule has 2 unspecified atom stereocenters. The second-order valence-corrected chi connectivity index (χ2v) is 5.47. The van der Waals surface area contributed by atoms with Gasteiger partial charge < -0.3 is 10.5 Å². The quantitative estimate of drug-likeness (QED) is 0.806. The molecular formula is C15H21NO. The first-order valence-electron chi connectivity index (χ1n) is 6.76. The summed E-state index contributed by atoms with van der Waals surface area (Å²) in [5.74, 6) is 0.498. The molecule has 0 spiro atoms. The van der Waals surface area contributed by atoms with Crippen LogP contribution in [0.3, 0.4) is 0 Å². The molecule has 1 aromatic carbocycles. The molecule has 1 heterocycles. The fourth-order valence-corrected chi connectivity index (χ4v) is 3.47. The first-order chi connectivity index (χ1) is 8.31. The number of ether oxygens (including phenoxy) is 1. The van der Waals surface area contributed by atoms with Crippen molar-refractivity contribution in [2.45, 2.75) is 37.6 Å². The third kappa shape index (κ3) is 1.90. The SMILES string of the molecule is NC1(C2CCCOC2)CCCc2ccccc21. The highest BCUT2D eigenvalue weighted by Gasteiger charge is 2.40. The van der Waals surface area contributed by atoms with Crippen LogP contribution in [-0.2, 0) is 16.7 Å². The van der Waals surface area contributed by atoms with Gasteiger partial charge in [-0.05, 0) is 43.2 Å². The number of hydrogen-bond acceptors (Lipinski definition) is 2. The van der Waals surface area contributed by atoms with Crippen LogP contribution >= 0.6 is 0 Å². The molecule has 0 amide bonds. The molecule has 1 saturated heterocycles. The van der Waals surface area contributed by atoms with Crippen LogP contribution in [0.25, 0.3) is 0 Å². The van der Waals surface area contributed by atoms with Crippen molar-refractivity contribution in [3.05, 3.63) is 35.4 Å². The van der Waals surface area contributed by atoms with Gasteiger partial charge in [-0.1, -0.05) is 24.3 Å². The summed E-state index contributed by atoms with van der Waals surface area (Å²) in [5, 5.41) is 0. The monoisotopic (exact) mass is 231 g/mol. The Morgan fingerprint density at radius 2 is 2.12 bits per heavy atom. The average molecular weight is 231 g/mol. The fourth-order valence-electron chi connectivity index (χ4n) is 3.47. The molecule has 1 aliphatic carbocycles. The third-order valence-electron chi connectivity index (χ3n) is 4.44. The summed E-state index contributed by atoms with van der Waals surface area (Å²) in [6, 6.07) is 8.71. The summed E-state index contributed by atoms with van der Waals surface area (Å²) >= 11 is 0. The van der Waals surface area contributed by atoms with Gasteiger partial charge in [0.25, 0.3) is 0 Å². The van der Waals surface area contributed by atoms with Crippen LogP contribution in [0.4, 0.5) is 0 Å². The Hall–Kier alpha value is -0.860. The molecule has 92 valence electrons. The van der Waals surface area contributed by atoms with Crippen molar-refractivity contribution in [2.24, 2.45) is 11.7 Å². The standard InChI is InChI=1S/C15H21NO/c16-15(13-7-4-10-17-11-13)9-3-6-12-5-1-2-8-14(12)15/h1-2,5,8,13H,3-4,6-7,9-11,16H2. The summed E-state index contributed by atoms with van der Waals surface area (Å²) in [4.78, 5) is 0. The molecule has 3 rings (SSSR count). The molecule has 0 saturated carbocycles. The molecule has 2 N–H and O–H groups in total. The van der Waals surface area contributed by atoms with Gasteiger partial charge in [-0.25, -0.2) is 0 Å². The lowest BCUT2D eigenvalue weighted by Crippen LogP contribution is -2.49. The van der Waals surface area contributed by atoms with Gasteiger partial charge in [0, 0.05) is 18.1 Å². The van der Waals surface area contributed by atoms with Crippen LogP contribution < -0.4 is 5.73 Å². The van der Waals surface area contributed by atoms with Crippen molar-refractivity contribution >= 4 is 0 Å². The van der Waals surface area contributed by atoms with E-state index < -0.39 is 0 Å². The molecule has 0 bridgehead atoms. The van der Waals surface area contributed by atoms with E-state index in [1.165, 1.54) is 30.4 Å². The third-order valence-corrected chi connectivity index (χ3v) is 4.44. The van der Waals surface area contributed by atoms with Crippen molar-refractivity contribution in [1.29, 1.82) is 0 Å². The summed E-state index contributed by atoms with van der Waals surface area (Å²) in [5.41, 5.74) is 9.45. The smallest absolute Gasteiger partial charge is 0.0515 e. The second-order valence-electron chi connectivity index (χ2n) is 5.47. The fraction of sp³-hybridized carbons (Fsp3) is 0.600. The molecule has 1 fully saturated rings. The molecule has 2 heteroatoms. The Morgan fingerprint density at radius 3 is 2.94 bits per heavy atom. The zero-order valence-electron chi connectivity index (χ0n) is 10.3. The van der Waals surface area contributed by atoms with Gasteiger partial charge in [-0.15, -0.1) is 0 Å². The minimum absolute atomic E-state index is 0.144. The van der Waals surface area contributed by atoms with Crippen molar-refractivity contribution in [3.63, 3.8) is 0 Å². The van der Waals surface area contributed by atoms with Crippen molar-refractivity contribution in [1.82, 2.24) is 0 Å². The van der Waals surface area contributed by atoms with Gasteiger partial charge in [0.1, 0.15) is 0 Å². The zero-order valence-corrected chi connectivity index (χ0v) is 10.3. The Kier molecular flexibility index (Phi) is 2.93. The number of aryl methyl sites for hydroxylation is 1. The number of fused-ring (bicyclic) bond motifs is 1. The van der Waals surface area contributed by atoms with Crippen molar-refractivity contribution in [3.8, 4) is 0 Å². The predicted molar refractivity (Wildman–Crippen MR) is 68.8 cm³/mol. The predicted octanol–water partition coefficient (Wildman–Crippen LogP) is 2.60. The molecule has 0 aromatic heterocycles. The normalized spacial score (nSPS) is 33.1. The first kappa shape index (κ1) is 11.2. The highest BCUT2D eigenvalue weighted by atomic mass is 16.5. The van der Waals surface area contributed by atoms with E-state index in [4.69, 9.17) is 10.5 Å². The first-order valence-corrected chi connectivity index (χ1v) is 6.76. The lowest BCUT2D eigenvalue weighted by atomic mass is 9.68. The van der Waals surface area contributed by atoms with Gasteiger partial charge in [0.15, 0.2) is 0 Å².